The Morgan fingerprint density at radius 1 is 1.04 bits per heavy atom. The van der Waals surface area contributed by atoms with Crippen molar-refractivity contribution in [3.63, 3.8) is 0 Å². The highest BCUT2D eigenvalue weighted by atomic mass is 16.2. The lowest BCUT2D eigenvalue weighted by Crippen LogP contribution is -2.52. The first-order valence-electron chi connectivity index (χ1n) is 7.58. The Balaban J connectivity index is 1.76. The SMILES string of the molecule is CC(C)(NC(=O)c1ccccc1)C(=O)Nc1cccc2cn[nH]c12. The fourth-order valence-corrected chi connectivity index (χ4v) is 2.35. The van der Waals surface area contributed by atoms with Gasteiger partial charge in [0.25, 0.3) is 5.91 Å². The molecule has 0 radical (unpaired) electrons. The molecule has 6 nitrogen and oxygen atoms in total. The second-order valence-electron chi connectivity index (χ2n) is 6.04. The van der Waals surface area contributed by atoms with Crippen LogP contribution in [0, 0.1) is 0 Å². The van der Waals surface area contributed by atoms with Gasteiger partial charge in [0.1, 0.15) is 5.54 Å². The number of rotatable bonds is 4. The van der Waals surface area contributed by atoms with Crippen molar-refractivity contribution in [2.75, 3.05) is 5.32 Å². The number of nitrogens with zero attached hydrogens (tertiary/aromatic N) is 1. The van der Waals surface area contributed by atoms with Gasteiger partial charge in [-0.1, -0.05) is 30.3 Å². The number of H-pyrrole nitrogens is 1. The molecule has 0 unspecified atom stereocenters. The van der Waals surface area contributed by atoms with Crippen molar-refractivity contribution in [3.8, 4) is 0 Å². The number of anilines is 1. The molecule has 0 bridgehead atoms. The number of aromatic nitrogens is 2. The van der Waals surface area contributed by atoms with Crippen molar-refractivity contribution in [2.24, 2.45) is 0 Å². The van der Waals surface area contributed by atoms with Crippen LogP contribution in [0.4, 0.5) is 5.69 Å². The number of nitrogens with one attached hydrogen (secondary N) is 3. The summed E-state index contributed by atoms with van der Waals surface area (Å²) in [4.78, 5) is 24.9. The molecule has 0 aliphatic rings. The van der Waals surface area contributed by atoms with Gasteiger partial charge < -0.3 is 10.6 Å². The van der Waals surface area contributed by atoms with E-state index < -0.39 is 5.54 Å². The van der Waals surface area contributed by atoms with Crippen LogP contribution in [-0.2, 0) is 4.79 Å². The van der Waals surface area contributed by atoms with Crippen molar-refractivity contribution in [2.45, 2.75) is 19.4 Å². The number of fused-ring (bicyclic) bond motifs is 1. The minimum absolute atomic E-state index is 0.296. The molecule has 122 valence electrons. The molecular formula is C18H18N4O2. The van der Waals surface area contributed by atoms with Gasteiger partial charge in [0, 0.05) is 10.9 Å². The summed E-state index contributed by atoms with van der Waals surface area (Å²) < 4.78 is 0. The highest BCUT2D eigenvalue weighted by molar-refractivity contribution is 6.06. The molecule has 1 heterocycles. The highest BCUT2D eigenvalue weighted by Gasteiger charge is 2.30. The molecule has 0 aliphatic carbocycles. The summed E-state index contributed by atoms with van der Waals surface area (Å²) in [6.45, 7) is 3.33. The zero-order valence-electron chi connectivity index (χ0n) is 13.5. The summed E-state index contributed by atoms with van der Waals surface area (Å²) in [7, 11) is 0. The van der Waals surface area contributed by atoms with Gasteiger partial charge in [-0.05, 0) is 32.0 Å². The number of carbonyl (C=O) groups is 2. The van der Waals surface area contributed by atoms with Gasteiger partial charge in [-0.2, -0.15) is 5.10 Å². The molecule has 2 aromatic carbocycles. The molecule has 0 aliphatic heterocycles. The molecule has 0 atom stereocenters. The van der Waals surface area contributed by atoms with Gasteiger partial charge in [-0.15, -0.1) is 0 Å². The summed E-state index contributed by atoms with van der Waals surface area (Å²) in [5, 5.41) is 13.3. The van der Waals surface area contributed by atoms with Gasteiger partial charge >= 0.3 is 0 Å². The highest BCUT2D eigenvalue weighted by Crippen LogP contribution is 2.21. The van der Waals surface area contributed by atoms with Gasteiger partial charge in [0.2, 0.25) is 5.91 Å². The van der Waals surface area contributed by atoms with Gasteiger partial charge in [-0.3, -0.25) is 14.7 Å². The maximum atomic E-state index is 12.6. The Labute approximate surface area is 139 Å². The average Bonchev–Trinajstić information content (AvgIpc) is 3.05. The minimum Gasteiger partial charge on any atom is -0.338 e. The third-order valence-corrected chi connectivity index (χ3v) is 3.75. The molecule has 0 saturated heterocycles. The molecule has 0 spiro atoms. The van der Waals surface area contributed by atoms with Crippen molar-refractivity contribution >= 4 is 28.4 Å². The number of hydrogen-bond donors (Lipinski definition) is 3. The normalized spacial score (nSPS) is 11.2. The van der Waals surface area contributed by atoms with Crippen LogP contribution in [0.2, 0.25) is 0 Å². The predicted octanol–water partition coefficient (Wildman–Crippen LogP) is 2.71. The standard InChI is InChI=1S/C18H18N4O2/c1-18(2,21-16(23)12-7-4-3-5-8-12)17(24)20-14-10-6-9-13-11-19-22-15(13)14/h3-11H,1-2H3,(H,19,22)(H,20,24)(H,21,23). The van der Waals surface area contributed by atoms with Crippen LogP contribution < -0.4 is 10.6 Å². The van der Waals surface area contributed by atoms with Crippen LogP contribution in [0.15, 0.2) is 54.7 Å². The van der Waals surface area contributed by atoms with E-state index in [4.69, 9.17) is 0 Å². The second kappa shape index (κ2) is 6.16. The van der Waals surface area contributed by atoms with Crippen molar-refractivity contribution in [1.29, 1.82) is 0 Å². The molecule has 1 aromatic heterocycles. The molecule has 2 amide bonds. The van der Waals surface area contributed by atoms with Gasteiger partial charge in [0.15, 0.2) is 0 Å². The molecular weight excluding hydrogens is 304 g/mol. The van der Waals surface area contributed by atoms with E-state index in [1.165, 1.54) is 0 Å². The molecule has 6 heteroatoms. The van der Waals surface area contributed by atoms with Crippen molar-refractivity contribution < 1.29 is 9.59 Å². The lowest BCUT2D eigenvalue weighted by Gasteiger charge is -2.25. The number of hydrogen-bond acceptors (Lipinski definition) is 3. The van der Waals surface area contributed by atoms with Crippen LogP contribution in [0.3, 0.4) is 0 Å². The van der Waals surface area contributed by atoms with Crippen LogP contribution >= 0.6 is 0 Å². The molecule has 24 heavy (non-hydrogen) atoms. The maximum Gasteiger partial charge on any atom is 0.252 e. The summed E-state index contributed by atoms with van der Waals surface area (Å²) in [5.41, 5.74) is 0.803. The van der Waals surface area contributed by atoms with E-state index in [9.17, 15) is 9.59 Å². The van der Waals surface area contributed by atoms with Crippen LogP contribution in [-0.4, -0.2) is 27.6 Å². The molecule has 0 saturated carbocycles. The Bertz CT molecular complexity index is 884. The van der Waals surface area contributed by atoms with E-state index in [0.717, 1.165) is 10.9 Å². The first kappa shape index (κ1) is 15.7. The molecule has 3 aromatic rings. The second-order valence-corrected chi connectivity index (χ2v) is 6.04. The third-order valence-electron chi connectivity index (χ3n) is 3.75. The van der Waals surface area contributed by atoms with Crippen LogP contribution in [0.25, 0.3) is 10.9 Å². The predicted molar refractivity (Wildman–Crippen MR) is 92.7 cm³/mol. The topological polar surface area (TPSA) is 86.9 Å². The fourth-order valence-electron chi connectivity index (χ4n) is 2.35. The number of amides is 2. The zero-order chi connectivity index (χ0) is 17.2. The number of benzene rings is 2. The summed E-state index contributed by atoms with van der Waals surface area (Å²) in [6, 6.07) is 14.3. The van der Waals surface area contributed by atoms with Crippen molar-refractivity contribution in [1.82, 2.24) is 15.5 Å². The molecule has 3 rings (SSSR count). The van der Waals surface area contributed by atoms with E-state index in [0.29, 0.717) is 11.3 Å². The molecule has 0 fully saturated rings. The Morgan fingerprint density at radius 2 is 1.79 bits per heavy atom. The van der Waals surface area contributed by atoms with E-state index in [1.807, 2.05) is 18.2 Å². The first-order valence-corrected chi connectivity index (χ1v) is 7.58. The summed E-state index contributed by atoms with van der Waals surface area (Å²) >= 11 is 0. The van der Waals surface area contributed by atoms with E-state index in [-0.39, 0.29) is 11.8 Å². The lowest BCUT2D eigenvalue weighted by molar-refractivity contribution is -0.120. The maximum absolute atomic E-state index is 12.6. The lowest BCUT2D eigenvalue weighted by atomic mass is 10.0. The minimum atomic E-state index is -1.07. The Hall–Kier alpha value is -3.15. The van der Waals surface area contributed by atoms with Crippen LogP contribution in [0.1, 0.15) is 24.2 Å². The van der Waals surface area contributed by atoms with Gasteiger partial charge in [0.05, 0.1) is 17.4 Å². The zero-order valence-corrected chi connectivity index (χ0v) is 13.5. The first-order chi connectivity index (χ1) is 11.5. The van der Waals surface area contributed by atoms with E-state index in [1.54, 1.807) is 50.4 Å². The van der Waals surface area contributed by atoms with Gasteiger partial charge in [-0.25, -0.2) is 0 Å². The molecule has 3 N–H and O–H groups in total. The Kier molecular flexibility index (Phi) is 4.04. The summed E-state index contributed by atoms with van der Waals surface area (Å²) in [6.07, 6.45) is 1.69. The quantitative estimate of drug-likeness (QED) is 0.690. The number of aromatic amines is 1. The summed E-state index contributed by atoms with van der Waals surface area (Å²) in [5.74, 6) is -0.607. The van der Waals surface area contributed by atoms with Crippen molar-refractivity contribution in [3.05, 3.63) is 60.3 Å². The van der Waals surface area contributed by atoms with E-state index >= 15 is 0 Å². The third kappa shape index (κ3) is 3.12. The monoisotopic (exact) mass is 322 g/mol. The van der Waals surface area contributed by atoms with E-state index in [2.05, 4.69) is 20.8 Å². The van der Waals surface area contributed by atoms with Crippen LogP contribution in [0.5, 0.6) is 0 Å². The smallest absolute Gasteiger partial charge is 0.252 e. The average molecular weight is 322 g/mol. The largest absolute Gasteiger partial charge is 0.338 e. The fraction of sp³-hybridized carbons (Fsp3) is 0.167. The number of carbonyl (C=O) groups excluding carboxylic acids is 2. The number of para-hydroxylation sites is 1. The Morgan fingerprint density at radius 3 is 2.54 bits per heavy atom.